The van der Waals surface area contributed by atoms with Crippen LogP contribution in [0.2, 0.25) is 0 Å². The highest BCUT2D eigenvalue weighted by atomic mass is 127. The average Bonchev–Trinajstić information content (AvgIpc) is 2.92. The van der Waals surface area contributed by atoms with Gasteiger partial charge in [0, 0.05) is 5.56 Å². The average molecular weight is 668 g/mol. The van der Waals surface area contributed by atoms with Crippen molar-refractivity contribution in [2.45, 2.75) is 53.6 Å². The number of nitrogens with zero attached hydrogens (tertiary/aromatic N) is 3. The van der Waals surface area contributed by atoms with Crippen LogP contribution in [-0.4, -0.2) is 41.2 Å². The van der Waals surface area contributed by atoms with Crippen LogP contribution in [0.15, 0.2) is 64.5 Å². The summed E-state index contributed by atoms with van der Waals surface area (Å²) in [6.45, 7) is 12.1. The monoisotopic (exact) mass is 667 g/mol. The Labute approximate surface area is 253 Å². The largest absolute Gasteiger partial charge is 0.494 e. The molecule has 0 aliphatic carbocycles. The lowest BCUT2D eigenvalue weighted by atomic mass is 9.96. The van der Waals surface area contributed by atoms with E-state index in [2.05, 4.69) is 41.5 Å². The number of esters is 1. The second-order valence-corrected chi connectivity index (χ2v) is 11.3. The van der Waals surface area contributed by atoms with Crippen LogP contribution < -0.4 is 15.0 Å². The number of rotatable bonds is 10. The molecule has 41 heavy (non-hydrogen) atoms. The second-order valence-electron chi connectivity index (χ2n) is 10.1. The maximum absolute atomic E-state index is 13.7. The smallest absolute Gasteiger partial charge is 0.344 e. The molecule has 0 atom stereocenters. The third-order valence-corrected chi connectivity index (χ3v) is 7.11. The summed E-state index contributed by atoms with van der Waals surface area (Å²) >= 11 is 2.14. The molecule has 0 spiro atoms. The number of ether oxygens (including phenoxy) is 3. The van der Waals surface area contributed by atoms with Gasteiger partial charge in [-0.15, -0.1) is 0 Å². The fourth-order valence-corrected chi connectivity index (χ4v) is 5.04. The van der Waals surface area contributed by atoms with Crippen molar-refractivity contribution in [3.05, 3.63) is 85.2 Å². The topological polar surface area (TPSA) is 92.0 Å². The number of aromatic nitrogens is 2. The number of fused-ring (bicyclic) bond motifs is 1. The summed E-state index contributed by atoms with van der Waals surface area (Å²) in [5.41, 5.74) is 3.86. The predicted octanol–water partition coefficient (Wildman–Crippen LogP) is 6.71. The van der Waals surface area contributed by atoms with E-state index in [4.69, 9.17) is 19.2 Å². The number of halogens is 1. The van der Waals surface area contributed by atoms with Crippen LogP contribution in [0, 0.1) is 10.5 Å². The van der Waals surface area contributed by atoms with Crippen LogP contribution in [0.5, 0.6) is 11.5 Å². The van der Waals surface area contributed by atoms with Gasteiger partial charge in [-0.05, 0) is 115 Å². The molecule has 0 N–H and O–H groups in total. The Balaban J connectivity index is 1.76. The number of carbonyl (C=O) groups excluding carboxylic acids is 1. The number of aryl methyl sites for hydroxylation is 1. The summed E-state index contributed by atoms with van der Waals surface area (Å²) in [4.78, 5) is 30.5. The Bertz CT molecular complexity index is 1660. The number of hydrogen-bond donors (Lipinski definition) is 0. The van der Waals surface area contributed by atoms with Gasteiger partial charge in [-0.1, -0.05) is 26.0 Å². The van der Waals surface area contributed by atoms with Gasteiger partial charge in [0.25, 0.3) is 5.56 Å². The van der Waals surface area contributed by atoms with Crippen molar-refractivity contribution < 1.29 is 19.0 Å². The molecule has 8 nitrogen and oxygen atoms in total. The lowest BCUT2D eigenvalue weighted by molar-refractivity contribution is -0.149. The zero-order valence-corrected chi connectivity index (χ0v) is 26.3. The van der Waals surface area contributed by atoms with Crippen molar-refractivity contribution in [2.24, 2.45) is 5.10 Å². The van der Waals surface area contributed by atoms with Crippen LogP contribution in [0.4, 0.5) is 0 Å². The van der Waals surface area contributed by atoms with Gasteiger partial charge in [-0.25, -0.2) is 9.78 Å². The van der Waals surface area contributed by atoms with Crippen molar-refractivity contribution >= 4 is 45.7 Å². The molecule has 0 bridgehead atoms. The molecule has 0 unspecified atom stereocenters. The third-order valence-electron chi connectivity index (χ3n) is 6.26. The minimum atomic E-state index is -0.428. The van der Waals surface area contributed by atoms with E-state index in [9.17, 15) is 9.59 Å². The van der Waals surface area contributed by atoms with Crippen molar-refractivity contribution in [2.75, 3.05) is 13.2 Å². The summed E-state index contributed by atoms with van der Waals surface area (Å²) in [6, 6.07) is 16.8. The highest BCUT2D eigenvalue weighted by Gasteiger charge is 2.18. The first kappa shape index (κ1) is 30.2. The molecule has 1 aromatic heterocycles. The highest BCUT2D eigenvalue weighted by Crippen LogP contribution is 2.34. The summed E-state index contributed by atoms with van der Waals surface area (Å²) < 4.78 is 18.8. The third kappa shape index (κ3) is 7.13. The van der Waals surface area contributed by atoms with E-state index in [0.29, 0.717) is 29.1 Å². The first-order valence-electron chi connectivity index (χ1n) is 13.5. The van der Waals surface area contributed by atoms with E-state index >= 15 is 0 Å². The molecule has 1 heterocycles. The van der Waals surface area contributed by atoms with Gasteiger partial charge in [-0.3, -0.25) is 4.79 Å². The molecule has 4 aromatic rings. The summed E-state index contributed by atoms with van der Waals surface area (Å²) in [5, 5.41) is 5.10. The molecule has 3 aromatic carbocycles. The Hall–Kier alpha value is -3.73. The fraction of sp³-hybridized carbons (Fsp3) is 0.312. The van der Waals surface area contributed by atoms with E-state index in [1.54, 1.807) is 32.2 Å². The number of benzene rings is 3. The maximum atomic E-state index is 13.7. The van der Waals surface area contributed by atoms with Crippen molar-refractivity contribution in [3.8, 4) is 22.9 Å². The van der Waals surface area contributed by atoms with Gasteiger partial charge < -0.3 is 14.2 Å². The Morgan fingerprint density at radius 2 is 1.80 bits per heavy atom. The molecule has 0 radical (unpaired) electrons. The van der Waals surface area contributed by atoms with Crippen molar-refractivity contribution in [1.29, 1.82) is 0 Å². The van der Waals surface area contributed by atoms with Crippen LogP contribution in [0.1, 0.15) is 57.2 Å². The molecule has 0 aliphatic rings. The van der Waals surface area contributed by atoms with Gasteiger partial charge in [0.05, 0.1) is 33.4 Å². The summed E-state index contributed by atoms with van der Waals surface area (Å²) in [6.07, 6.45) is 1.41. The molecule has 0 saturated carbocycles. The second kappa shape index (κ2) is 13.3. The Morgan fingerprint density at radius 3 is 2.49 bits per heavy atom. The van der Waals surface area contributed by atoms with Gasteiger partial charge in [0.2, 0.25) is 0 Å². The first-order valence-corrected chi connectivity index (χ1v) is 14.6. The zero-order valence-electron chi connectivity index (χ0n) is 24.1. The molecule has 9 heteroatoms. The van der Waals surface area contributed by atoms with Gasteiger partial charge in [0.1, 0.15) is 11.5 Å². The van der Waals surface area contributed by atoms with Crippen molar-refractivity contribution in [1.82, 2.24) is 9.66 Å². The normalized spacial score (nSPS) is 11.5. The molecule has 0 amide bonds. The van der Waals surface area contributed by atoms with E-state index in [1.807, 2.05) is 56.3 Å². The Kier molecular flexibility index (Phi) is 9.80. The lowest BCUT2D eigenvalue weighted by Crippen LogP contribution is -2.21. The van der Waals surface area contributed by atoms with Crippen molar-refractivity contribution in [3.63, 3.8) is 0 Å². The molecular formula is C32H34IN3O5. The standard InChI is InChI=1S/C32H34IN3O5/c1-7-39-29-14-21(6)25(16-24(29)19(2)3)31-35-27-11-9-8-10-23(27)32(38)36(31)34-17-22-12-13-28(26(33)15-22)40-18-30(37)41-20(4)5/h8-17,19-20H,7,18H2,1-6H3. The van der Waals surface area contributed by atoms with Crippen LogP contribution in [-0.2, 0) is 9.53 Å². The quantitative estimate of drug-likeness (QED) is 0.106. The zero-order chi connectivity index (χ0) is 29.7. The van der Waals surface area contributed by atoms with Crippen LogP contribution in [0.3, 0.4) is 0 Å². The predicted molar refractivity (Wildman–Crippen MR) is 170 cm³/mol. The molecule has 0 saturated heterocycles. The fourth-order valence-electron chi connectivity index (χ4n) is 4.35. The van der Waals surface area contributed by atoms with E-state index in [0.717, 1.165) is 31.6 Å². The van der Waals surface area contributed by atoms with E-state index in [-0.39, 0.29) is 24.2 Å². The highest BCUT2D eigenvalue weighted by molar-refractivity contribution is 14.1. The van der Waals surface area contributed by atoms with Gasteiger partial charge in [-0.2, -0.15) is 9.78 Å². The lowest BCUT2D eigenvalue weighted by Gasteiger charge is -2.18. The molecule has 0 aliphatic heterocycles. The summed E-state index contributed by atoms with van der Waals surface area (Å²) in [7, 11) is 0. The van der Waals surface area contributed by atoms with Gasteiger partial charge in [0.15, 0.2) is 12.4 Å². The number of para-hydroxylation sites is 1. The first-order chi connectivity index (χ1) is 19.6. The van der Waals surface area contributed by atoms with Crippen LogP contribution >= 0.6 is 22.6 Å². The van der Waals surface area contributed by atoms with E-state index < -0.39 is 5.97 Å². The maximum Gasteiger partial charge on any atom is 0.344 e. The molecule has 0 fully saturated rings. The minimum Gasteiger partial charge on any atom is -0.494 e. The number of carbonyl (C=O) groups is 1. The van der Waals surface area contributed by atoms with Crippen LogP contribution in [0.25, 0.3) is 22.3 Å². The Morgan fingerprint density at radius 1 is 1.05 bits per heavy atom. The van der Waals surface area contributed by atoms with E-state index in [1.165, 1.54) is 4.68 Å². The SMILES string of the molecule is CCOc1cc(C)c(-c2nc3ccccc3c(=O)n2N=Cc2ccc(OCC(=O)OC(C)C)c(I)c2)cc1C(C)C. The summed E-state index contributed by atoms with van der Waals surface area (Å²) in [5.74, 6) is 1.61. The minimum absolute atomic E-state index is 0.178. The number of hydrogen-bond acceptors (Lipinski definition) is 7. The molecular weight excluding hydrogens is 633 g/mol. The molecule has 4 rings (SSSR count). The van der Waals surface area contributed by atoms with Gasteiger partial charge >= 0.3 is 5.97 Å². The molecule has 214 valence electrons.